The van der Waals surface area contributed by atoms with Crippen molar-refractivity contribution in [3.63, 3.8) is 0 Å². The smallest absolute Gasteiger partial charge is 0.0991 e. The first-order valence-electron chi connectivity index (χ1n) is 7.72. The average Bonchev–Trinajstić information content (AvgIpc) is 2.52. The molecule has 0 aliphatic heterocycles. The highest BCUT2D eigenvalue weighted by Crippen LogP contribution is 2.27. The molecule has 0 saturated heterocycles. The van der Waals surface area contributed by atoms with Crippen LogP contribution in [0, 0.1) is 17.2 Å². The van der Waals surface area contributed by atoms with Gasteiger partial charge in [-0.1, -0.05) is 63.0 Å². The van der Waals surface area contributed by atoms with Crippen LogP contribution in [0.5, 0.6) is 0 Å². The van der Waals surface area contributed by atoms with Crippen molar-refractivity contribution in [1.82, 2.24) is 0 Å². The van der Waals surface area contributed by atoms with Gasteiger partial charge in [0.1, 0.15) is 0 Å². The summed E-state index contributed by atoms with van der Waals surface area (Å²) in [4.78, 5) is 0. The third kappa shape index (κ3) is 4.10. The van der Waals surface area contributed by atoms with E-state index in [2.05, 4.69) is 31.2 Å². The number of allylic oxidation sites excluding steroid dienone is 4. The van der Waals surface area contributed by atoms with E-state index < -0.39 is 0 Å². The summed E-state index contributed by atoms with van der Waals surface area (Å²) in [5, 5.41) is 8.82. The summed E-state index contributed by atoms with van der Waals surface area (Å²) in [5.41, 5.74) is 3.23. The van der Waals surface area contributed by atoms with Crippen LogP contribution < -0.4 is 0 Å². The summed E-state index contributed by atoms with van der Waals surface area (Å²) < 4.78 is 0. The number of nitriles is 1. The Hall–Kier alpha value is -1.81. The molecule has 0 spiro atoms. The molecule has 1 unspecified atom stereocenters. The fraction of sp³-hybridized carbons (Fsp3) is 0.421. The van der Waals surface area contributed by atoms with Crippen LogP contribution in [-0.4, -0.2) is 0 Å². The van der Waals surface area contributed by atoms with Crippen molar-refractivity contribution >= 4 is 5.57 Å². The topological polar surface area (TPSA) is 23.8 Å². The molecule has 1 atom stereocenters. The van der Waals surface area contributed by atoms with Gasteiger partial charge in [-0.25, -0.2) is 0 Å². The molecule has 1 aliphatic rings. The van der Waals surface area contributed by atoms with Crippen LogP contribution >= 0.6 is 0 Å². The molecule has 0 bridgehead atoms. The van der Waals surface area contributed by atoms with Crippen molar-refractivity contribution in [2.24, 2.45) is 5.92 Å². The molecule has 1 nitrogen and oxygen atoms in total. The summed E-state index contributed by atoms with van der Waals surface area (Å²) in [6.07, 6.45) is 14.8. The van der Waals surface area contributed by atoms with Crippen LogP contribution in [0.3, 0.4) is 0 Å². The van der Waals surface area contributed by atoms with Gasteiger partial charge in [0.25, 0.3) is 0 Å². The Morgan fingerprint density at radius 1 is 1.15 bits per heavy atom. The van der Waals surface area contributed by atoms with Gasteiger partial charge in [-0.05, 0) is 42.0 Å². The minimum atomic E-state index is 0.717. The van der Waals surface area contributed by atoms with E-state index in [9.17, 15) is 0 Å². The van der Waals surface area contributed by atoms with Crippen molar-refractivity contribution in [1.29, 1.82) is 5.26 Å². The standard InChI is InChI=1S/C19H23N/c1-2-3-4-5-6-16-7-11-18(12-8-16)19-13-9-17(15-20)10-14-19/h7,9-14,16H,2-6,8H2,1H3. The molecule has 0 amide bonds. The van der Waals surface area contributed by atoms with Gasteiger partial charge in [-0.2, -0.15) is 5.26 Å². The molecule has 1 aromatic rings. The summed E-state index contributed by atoms with van der Waals surface area (Å²) in [6.45, 7) is 2.26. The van der Waals surface area contributed by atoms with Crippen LogP contribution in [0.15, 0.2) is 42.5 Å². The van der Waals surface area contributed by atoms with Gasteiger partial charge in [-0.15, -0.1) is 0 Å². The van der Waals surface area contributed by atoms with E-state index in [4.69, 9.17) is 5.26 Å². The Bertz CT molecular complexity index is 514. The van der Waals surface area contributed by atoms with Gasteiger partial charge in [0, 0.05) is 0 Å². The molecule has 1 heteroatoms. The molecular weight excluding hydrogens is 242 g/mol. The Balaban J connectivity index is 1.86. The molecule has 0 fully saturated rings. The summed E-state index contributed by atoms with van der Waals surface area (Å²) in [5.74, 6) is 0.717. The first-order valence-corrected chi connectivity index (χ1v) is 7.72. The van der Waals surface area contributed by atoms with Crippen LogP contribution in [0.2, 0.25) is 0 Å². The lowest BCUT2D eigenvalue weighted by atomic mass is 9.89. The molecule has 1 aromatic carbocycles. The predicted octanol–water partition coefficient (Wildman–Crippen LogP) is 5.49. The number of benzene rings is 1. The second kappa shape index (κ2) is 7.70. The van der Waals surface area contributed by atoms with Crippen molar-refractivity contribution in [2.45, 2.75) is 45.4 Å². The van der Waals surface area contributed by atoms with Crippen LogP contribution in [0.25, 0.3) is 5.57 Å². The van der Waals surface area contributed by atoms with Crippen molar-refractivity contribution in [2.75, 3.05) is 0 Å². The van der Waals surface area contributed by atoms with Crippen molar-refractivity contribution < 1.29 is 0 Å². The van der Waals surface area contributed by atoms with Gasteiger partial charge < -0.3 is 0 Å². The third-order valence-corrected chi connectivity index (χ3v) is 3.96. The van der Waals surface area contributed by atoms with E-state index in [1.807, 2.05) is 24.3 Å². The maximum atomic E-state index is 8.82. The van der Waals surface area contributed by atoms with Gasteiger partial charge in [0.05, 0.1) is 11.6 Å². The Morgan fingerprint density at radius 2 is 1.95 bits per heavy atom. The molecule has 20 heavy (non-hydrogen) atoms. The number of rotatable bonds is 6. The fourth-order valence-corrected chi connectivity index (χ4v) is 2.66. The zero-order valence-electron chi connectivity index (χ0n) is 12.3. The first-order chi connectivity index (χ1) is 9.83. The van der Waals surface area contributed by atoms with Crippen molar-refractivity contribution in [3.05, 3.63) is 53.6 Å². The van der Waals surface area contributed by atoms with E-state index in [0.29, 0.717) is 5.92 Å². The normalized spacial score (nSPS) is 17.6. The van der Waals surface area contributed by atoms with Crippen LogP contribution in [0.4, 0.5) is 0 Å². The largest absolute Gasteiger partial charge is 0.192 e. The number of hydrogen-bond acceptors (Lipinski definition) is 1. The molecule has 0 N–H and O–H groups in total. The predicted molar refractivity (Wildman–Crippen MR) is 85.1 cm³/mol. The second-order valence-corrected chi connectivity index (χ2v) is 5.55. The minimum Gasteiger partial charge on any atom is -0.192 e. The molecule has 0 heterocycles. The van der Waals surface area contributed by atoms with Gasteiger partial charge in [0.2, 0.25) is 0 Å². The molecule has 2 rings (SSSR count). The first kappa shape index (κ1) is 14.6. The van der Waals surface area contributed by atoms with E-state index in [1.54, 1.807) is 0 Å². The van der Waals surface area contributed by atoms with Gasteiger partial charge >= 0.3 is 0 Å². The molecule has 0 radical (unpaired) electrons. The lowest BCUT2D eigenvalue weighted by Gasteiger charge is -2.16. The quantitative estimate of drug-likeness (QED) is 0.624. The van der Waals surface area contributed by atoms with Crippen molar-refractivity contribution in [3.8, 4) is 6.07 Å². The second-order valence-electron chi connectivity index (χ2n) is 5.55. The molecule has 104 valence electrons. The zero-order valence-corrected chi connectivity index (χ0v) is 12.3. The molecule has 0 aromatic heterocycles. The summed E-state index contributed by atoms with van der Waals surface area (Å²) in [6, 6.07) is 10.0. The summed E-state index contributed by atoms with van der Waals surface area (Å²) in [7, 11) is 0. The molecular formula is C19H23N. The Labute approximate surface area is 122 Å². The third-order valence-electron chi connectivity index (χ3n) is 3.96. The lowest BCUT2D eigenvalue weighted by Crippen LogP contribution is -2.00. The Kier molecular flexibility index (Phi) is 5.62. The molecule has 0 saturated carbocycles. The highest BCUT2D eigenvalue weighted by molar-refractivity contribution is 5.75. The maximum absolute atomic E-state index is 8.82. The van der Waals surface area contributed by atoms with Gasteiger partial charge in [0.15, 0.2) is 0 Å². The van der Waals surface area contributed by atoms with E-state index in [0.717, 1.165) is 12.0 Å². The number of unbranched alkanes of at least 4 members (excludes halogenated alkanes) is 3. The average molecular weight is 265 g/mol. The highest BCUT2D eigenvalue weighted by atomic mass is 14.2. The number of hydrogen-bond donors (Lipinski definition) is 0. The minimum absolute atomic E-state index is 0.717. The van der Waals surface area contributed by atoms with E-state index in [-0.39, 0.29) is 0 Å². The maximum Gasteiger partial charge on any atom is 0.0991 e. The van der Waals surface area contributed by atoms with Crippen LogP contribution in [0.1, 0.15) is 56.6 Å². The number of nitrogens with zero attached hydrogens (tertiary/aromatic N) is 1. The fourth-order valence-electron chi connectivity index (χ4n) is 2.66. The highest BCUT2D eigenvalue weighted by Gasteiger charge is 2.09. The summed E-state index contributed by atoms with van der Waals surface area (Å²) >= 11 is 0. The van der Waals surface area contributed by atoms with Crippen LogP contribution in [-0.2, 0) is 0 Å². The van der Waals surface area contributed by atoms with E-state index >= 15 is 0 Å². The lowest BCUT2D eigenvalue weighted by molar-refractivity contribution is 0.532. The molecule has 1 aliphatic carbocycles. The Morgan fingerprint density at radius 3 is 2.55 bits per heavy atom. The monoisotopic (exact) mass is 265 g/mol. The van der Waals surface area contributed by atoms with E-state index in [1.165, 1.54) is 43.2 Å². The SMILES string of the molecule is CCCCCCC1C=CC(c2ccc(C#N)cc2)=CC1. The van der Waals surface area contributed by atoms with Gasteiger partial charge in [-0.3, -0.25) is 0 Å². The zero-order chi connectivity index (χ0) is 14.2.